The summed E-state index contributed by atoms with van der Waals surface area (Å²) < 4.78 is 39.2. The monoisotopic (exact) mass is 238 g/mol. The summed E-state index contributed by atoms with van der Waals surface area (Å²) in [6, 6.07) is 0. The molecule has 0 bridgehead atoms. The smallest absolute Gasteiger partial charge is 0.298 e. The van der Waals surface area contributed by atoms with Gasteiger partial charge >= 0.3 is 5.38 Å². The SMILES string of the molecule is C=CCn1nc(C(F)(F)Cl)c(C=O)c1F. The van der Waals surface area contributed by atoms with Crippen LogP contribution in [0.4, 0.5) is 13.2 Å². The summed E-state index contributed by atoms with van der Waals surface area (Å²) in [5.41, 5.74) is -1.92. The molecule has 0 amide bonds. The van der Waals surface area contributed by atoms with E-state index in [2.05, 4.69) is 23.3 Å². The van der Waals surface area contributed by atoms with Crippen LogP contribution in [0.2, 0.25) is 0 Å². The molecular formula is C8H6ClF3N2O. The van der Waals surface area contributed by atoms with Crippen LogP contribution in [0.15, 0.2) is 12.7 Å². The van der Waals surface area contributed by atoms with Gasteiger partial charge < -0.3 is 0 Å². The van der Waals surface area contributed by atoms with Crippen molar-refractivity contribution in [2.75, 3.05) is 0 Å². The van der Waals surface area contributed by atoms with Crippen LogP contribution in [0.3, 0.4) is 0 Å². The predicted molar refractivity (Wildman–Crippen MR) is 47.5 cm³/mol. The van der Waals surface area contributed by atoms with Gasteiger partial charge in [-0.2, -0.15) is 18.3 Å². The number of carbonyl (C=O) groups excluding carboxylic acids is 1. The molecule has 0 N–H and O–H groups in total. The molecule has 0 saturated heterocycles. The molecule has 0 fully saturated rings. The van der Waals surface area contributed by atoms with E-state index in [1.165, 1.54) is 6.08 Å². The van der Waals surface area contributed by atoms with Crippen LogP contribution in [-0.4, -0.2) is 16.1 Å². The maximum Gasteiger partial charge on any atom is 0.367 e. The van der Waals surface area contributed by atoms with Crippen molar-refractivity contribution >= 4 is 17.9 Å². The highest BCUT2D eigenvalue weighted by Gasteiger charge is 2.37. The Kier molecular flexibility index (Phi) is 3.18. The first-order valence-electron chi connectivity index (χ1n) is 3.81. The summed E-state index contributed by atoms with van der Waals surface area (Å²) in [5.74, 6) is -1.15. The topological polar surface area (TPSA) is 34.9 Å². The lowest BCUT2D eigenvalue weighted by Crippen LogP contribution is -2.08. The summed E-state index contributed by atoms with van der Waals surface area (Å²) in [5, 5.41) is -0.673. The van der Waals surface area contributed by atoms with E-state index in [0.29, 0.717) is 4.68 Å². The molecular weight excluding hydrogens is 233 g/mol. The summed E-state index contributed by atoms with van der Waals surface area (Å²) in [6.07, 6.45) is 1.20. The number of carbonyl (C=O) groups is 1. The van der Waals surface area contributed by atoms with E-state index in [4.69, 9.17) is 0 Å². The largest absolute Gasteiger partial charge is 0.367 e. The van der Waals surface area contributed by atoms with Crippen molar-refractivity contribution in [1.82, 2.24) is 9.78 Å². The van der Waals surface area contributed by atoms with E-state index in [1.54, 1.807) is 0 Å². The van der Waals surface area contributed by atoms with Gasteiger partial charge in [-0.05, 0) is 11.6 Å². The Morgan fingerprint density at radius 3 is 2.53 bits per heavy atom. The van der Waals surface area contributed by atoms with Crippen molar-refractivity contribution in [3.8, 4) is 0 Å². The van der Waals surface area contributed by atoms with Gasteiger partial charge in [-0.25, -0.2) is 4.68 Å². The van der Waals surface area contributed by atoms with Crippen LogP contribution in [-0.2, 0) is 11.9 Å². The van der Waals surface area contributed by atoms with Crippen molar-refractivity contribution in [2.45, 2.75) is 11.9 Å². The van der Waals surface area contributed by atoms with Crippen LogP contribution < -0.4 is 0 Å². The fourth-order valence-electron chi connectivity index (χ4n) is 1.01. The molecule has 1 rings (SSSR count). The molecule has 15 heavy (non-hydrogen) atoms. The van der Waals surface area contributed by atoms with Crippen LogP contribution in [0.25, 0.3) is 0 Å². The molecule has 0 aliphatic carbocycles. The molecule has 1 heterocycles. The van der Waals surface area contributed by atoms with Crippen molar-refractivity contribution in [1.29, 1.82) is 0 Å². The average molecular weight is 239 g/mol. The average Bonchev–Trinajstić information content (AvgIpc) is 2.44. The standard InChI is InChI=1S/C8H6ClF3N2O/c1-2-3-14-7(10)5(4-15)6(13-14)8(9,11)12/h2,4H,1,3H2. The molecule has 3 nitrogen and oxygen atoms in total. The van der Waals surface area contributed by atoms with Gasteiger partial charge in [0.15, 0.2) is 12.0 Å². The second kappa shape index (κ2) is 4.06. The Balaban J connectivity index is 3.34. The molecule has 0 atom stereocenters. The van der Waals surface area contributed by atoms with Crippen molar-refractivity contribution in [2.24, 2.45) is 0 Å². The van der Waals surface area contributed by atoms with E-state index in [9.17, 15) is 18.0 Å². The zero-order valence-corrected chi connectivity index (χ0v) is 8.14. The van der Waals surface area contributed by atoms with E-state index in [-0.39, 0.29) is 12.8 Å². The third-order valence-corrected chi connectivity index (χ3v) is 1.79. The molecule has 1 aromatic rings. The summed E-state index contributed by atoms with van der Waals surface area (Å²) in [4.78, 5) is 10.4. The number of allylic oxidation sites excluding steroid dienone is 1. The fraction of sp³-hybridized carbons (Fsp3) is 0.250. The molecule has 7 heteroatoms. The van der Waals surface area contributed by atoms with Gasteiger partial charge in [0.2, 0.25) is 5.95 Å². The highest BCUT2D eigenvalue weighted by molar-refractivity contribution is 6.22. The number of alkyl halides is 3. The highest BCUT2D eigenvalue weighted by Crippen LogP contribution is 2.33. The number of aromatic nitrogens is 2. The Morgan fingerprint density at radius 2 is 2.20 bits per heavy atom. The first kappa shape index (κ1) is 11.8. The van der Waals surface area contributed by atoms with Crippen LogP contribution >= 0.6 is 11.6 Å². The minimum absolute atomic E-state index is 0.0481. The molecule has 0 spiro atoms. The van der Waals surface area contributed by atoms with Gasteiger partial charge in [-0.3, -0.25) is 4.79 Å². The van der Waals surface area contributed by atoms with Crippen LogP contribution in [0.5, 0.6) is 0 Å². The maximum absolute atomic E-state index is 13.2. The van der Waals surface area contributed by atoms with Crippen molar-refractivity contribution in [3.63, 3.8) is 0 Å². The third-order valence-electron chi connectivity index (χ3n) is 1.61. The first-order chi connectivity index (χ1) is 6.91. The Bertz CT molecular complexity index is 397. The number of hydrogen-bond donors (Lipinski definition) is 0. The van der Waals surface area contributed by atoms with Gasteiger partial charge in [0.25, 0.3) is 0 Å². The van der Waals surface area contributed by atoms with Gasteiger partial charge in [-0.15, -0.1) is 6.58 Å². The lowest BCUT2D eigenvalue weighted by molar-refractivity contribution is 0.0866. The van der Waals surface area contributed by atoms with E-state index in [1.807, 2.05) is 0 Å². The molecule has 0 saturated carbocycles. The molecule has 82 valence electrons. The second-order valence-electron chi connectivity index (χ2n) is 2.64. The Labute approximate surface area is 88.1 Å². The quantitative estimate of drug-likeness (QED) is 0.458. The summed E-state index contributed by atoms with van der Waals surface area (Å²) in [6.45, 7) is 3.16. The number of hydrogen-bond acceptors (Lipinski definition) is 2. The maximum atomic E-state index is 13.2. The molecule has 1 aromatic heterocycles. The summed E-state index contributed by atoms with van der Waals surface area (Å²) >= 11 is 4.67. The predicted octanol–water partition coefficient (Wildman–Crippen LogP) is 2.31. The van der Waals surface area contributed by atoms with E-state index < -0.39 is 22.6 Å². The molecule has 0 aliphatic rings. The van der Waals surface area contributed by atoms with Gasteiger partial charge in [-0.1, -0.05) is 6.08 Å². The summed E-state index contributed by atoms with van der Waals surface area (Å²) in [7, 11) is 0. The number of halogens is 4. The lowest BCUT2D eigenvalue weighted by Gasteiger charge is -2.02. The molecule has 0 aliphatic heterocycles. The normalized spacial score (nSPS) is 11.5. The van der Waals surface area contributed by atoms with Crippen molar-refractivity contribution in [3.05, 3.63) is 29.9 Å². The number of nitrogens with zero attached hydrogens (tertiary/aromatic N) is 2. The Hall–Kier alpha value is -1.30. The molecule has 0 aromatic carbocycles. The van der Waals surface area contributed by atoms with E-state index >= 15 is 0 Å². The Morgan fingerprint density at radius 1 is 1.60 bits per heavy atom. The third kappa shape index (κ3) is 2.20. The minimum Gasteiger partial charge on any atom is -0.298 e. The van der Waals surface area contributed by atoms with E-state index in [0.717, 1.165) is 0 Å². The van der Waals surface area contributed by atoms with Crippen molar-refractivity contribution < 1.29 is 18.0 Å². The molecule has 0 unspecified atom stereocenters. The van der Waals surface area contributed by atoms with Crippen LogP contribution in [0.1, 0.15) is 16.1 Å². The van der Waals surface area contributed by atoms with Crippen LogP contribution in [0, 0.1) is 5.95 Å². The van der Waals surface area contributed by atoms with Gasteiger partial charge in [0, 0.05) is 0 Å². The zero-order chi connectivity index (χ0) is 11.6. The fourth-order valence-corrected chi connectivity index (χ4v) is 1.15. The number of rotatable bonds is 4. The highest BCUT2D eigenvalue weighted by atomic mass is 35.5. The molecule has 0 radical (unpaired) electrons. The lowest BCUT2D eigenvalue weighted by atomic mass is 10.3. The minimum atomic E-state index is -3.87. The van der Waals surface area contributed by atoms with Gasteiger partial charge in [0.1, 0.15) is 0 Å². The number of aldehydes is 1. The second-order valence-corrected chi connectivity index (χ2v) is 3.11. The van der Waals surface area contributed by atoms with Gasteiger partial charge in [0.05, 0.1) is 12.1 Å². The zero-order valence-electron chi connectivity index (χ0n) is 7.38. The first-order valence-corrected chi connectivity index (χ1v) is 4.19.